The number of likely N-dealkylation sites (N-methyl/N-ethyl adjacent to an activating group) is 1. The number of nitrogens with zero attached hydrogens (tertiary/aromatic N) is 3. The first kappa shape index (κ1) is 20.1. The molecular weight excluding hydrogens is 370 g/mol. The van der Waals surface area contributed by atoms with Gasteiger partial charge in [0, 0.05) is 35.4 Å². The molecule has 0 saturated carbocycles. The molecule has 5 nitrogen and oxygen atoms in total. The van der Waals surface area contributed by atoms with E-state index in [0.717, 1.165) is 52.0 Å². The van der Waals surface area contributed by atoms with Crippen molar-refractivity contribution in [3.8, 4) is 11.3 Å². The fourth-order valence-corrected chi connectivity index (χ4v) is 3.30. The topological polar surface area (TPSA) is 53.1 Å². The summed E-state index contributed by atoms with van der Waals surface area (Å²) in [6.45, 7) is 5.74. The van der Waals surface area contributed by atoms with E-state index in [1.807, 2.05) is 64.3 Å². The maximum atomic E-state index is 6.17. The van der Waals surface area contributed by atoms with Crippen LogP contribution in [-0.2, 0) is 0 Å². The second-order valence-corrected chi connectivity index (χ2v) is 7.53. The summed E-state index contributed by atoms with van der Waals surface area (Å²) in [5.41, 5.74) is 5.09. The van der Waals surface area contributed by atoms with Crippen molar-refractivity contribution in [3.05, 3.63) is 64.7 Å². The number of hydrogen-bond donors (Lipinski definition) is 2. The van der Waals surface area contributed by atoms with Crippen molar-refractivity contribution in [2.24, 2.45) is 0 Å². The van der Waals surface area contributed by atoms with E-state index in [2.05, 4.69) is 32.7 Å². The van der Waals surface area contributed by atoms with Crippen LogP contribution in [0.4, 0.5) is 17.5 Å². The van der Waals surface area contributed by atoms with Gasteiger partial charge in [0.15, 0.2) is 0 Å². The smallest absolute Gasteiger partial charge is 0.225 e. The Labute approximate surface area is 171 Å². The Morgan fingerprint density at radius 2 is 1.64 bits per heavy atom. The molecule has 0 aliphatic rings. The lowest BCUT2D eigenvalue weighted by molar-refractivity contribution is 0.425. The summed E-state index contributed by atoms with van der Waals surface area (Å²) in [4.78, 5) is 11.5. The SMILES string of the molecule is Cc1cc(Cl)cc(C)c1Nc1cc(-c2ccccc2)nc(NCCN(C)C)n1. The molecule has 0 bridgehead atoms. The number of nitrogens with one attached hydrogen (secondary N) is 2. The normalized spacial score (nSPS) is 10.9. The third-order valence-corrected chi connectivity index (χ3v) is 4.61. The van der Waals surface area contributed by atoms with Gasteiger partial charge in [0.25, 0.3) is 0 Å². The van der Waals surface area contributed by atoms with Gasteiger partial charge < -0.3 is 15.5 Å². The molecule has 2 aromatic carbocycles. The average molecular weight is 396 g/mol. The lowest BCUT2D eigenvalue weighted by atomic mass is 10.1. The predicted molar refractivity (Wildman–Crippen MR) is 119 cm³/mol. The number of anilines is 3. The van der Waals surface area contributed by atoms with Gasteiger partial charge in [-0.05, 0) is 51.2 Å². The number of rotatable bonds is 7. The molecule has 0 unspecified atom stereocenters. The standard InChI is InChI=1S/C22H26ClN5/c1-15-12-18(23)13-16(2)21(15)26-20-14-19(17-8-6-5-7-9-17)25-22(27-20)24-10-11-28(3)4/h5-9,12-14H,10-11H2,1-4H3,(H2,24,25,26,27). The number of hydrogen-bond acceptors (Lipinski definition) is 5. The minimum atomic E-state index is 0.606. The van der Waals surface area contributed by atoms with Crippen molar-refractivity contribution < 1.29 is 0 Å². The van der Waals surface area contributed by atoms with Crippen LogP contribution in [0.25, 0.3) is 11.3 Å². The fourth-order valence-electron chi connectivity index (χ4n) is 2.97. The van der Waals surface area contributed by atoms with Crippen molar-refractivity contribution >= 4 is 29.1 Å². The Balaban J connectivity index is 1.95. The summed E-state index contributed by atoms with van der Waals surface area (Å²) >= 11 is 6.17. The zero-order chi connectivity index (χ0) is 20.1. The van der Waals surface area contributed by atoms with E-state index in [4.69, 9.17) is 16.6 Å². The third kappa shape index (κ3) is 5.21. The molecule has 3 aromatic rings. The van der Waals surface area contributed by atoms with Gasteiger partial charge >= 0.3 is 0 Å². The van der Waals surface area contributed by atoms with Crippen molar-refractivity contribution in [1.29, 1.82) is 0 Å². The monoisotopic (exact) mass is 395 g/mol. The summed E-state index contributed by atoms with van der Waals surface area (Å²) in [7, 11) is 4.09. The molecule has 0 spiro atoms. The number of halogens is 1. The average Bonchev–Trinajstić information content (AvgIpc) is 2.65. The molecule has 0 saturated heterocycles. The molecule has 0 fully saturated rings. The number of benzene rings is 2. The molecule has 0 radical (unpaired) electrons. The second kappa shape index (κ2) is 9.04. The lowest BCUT2D eigenvalue weighted by Gasteiger charge is -2.16. The van der Waals surface area contributed by atoms with Crippen LogP contribution in [0.15, 0.2) is 48.5 Å². The minimum absolute atomic E-state index is 0.606. The van der Waals surface area contributed by atoms with E-state index >= 15 is 0 Å². The molecule has 146 valence electrons. The summed E-state index contributed by atoms with van der Waals surface area (Å²) in [5.74, 6) is 1.35. The lowest BCUT2D eigenvalue weighted by Crippen LogP contribution is -2.21. The molecule has 2 N–H and O–H groups in total. The van der Waals surface area contributed by atoms with E-state index in [9.17, 15) is 0 Å². The molecule has 0 aliphatic carbocycles. The predicted octanol–water partition coefficient (Wildman–Crippen LogP) is 5.13. The van der Waals surface area contributed by atoms with Crippen LogP contribution >= 0.6 is 11.6 Å². The van der Waals surface area contributed by atoms with E-state index in [-0.39, 0.29) is 0 Å². The van der Waals surface area contributed by atoms with Crippen molar-refractivity contribution in [3.63, 3.8) is 0 Å². The Hall–Kier alpha value is -2.63. The first-order valence-corrected chi connectivity index (χ1v) is 9.67. The van der Waals surface area contributed by atoms with Gasteiger partial charge in [-0.15, -0.1) is 0 Å². The highest BCUT2D eigenvalue weighted by molar-refractivity contribution is 6.30. The van der Waals surface area contributed by atoms with E-state index in [1.54, 1.807) is 0 Å². The molecule has 6 heteroatoms. The molecule has 3 rings (SSSR count). The Kier molecular flexibility index (Phi) is 6.49. The summed E-state index contributed by atoms with van der Waals surface area (Å²) in [6, 6.07) is 16.0. The largest absolute Gasteiger partial charge is 0.353 e. The fraction of sp³-hybridized carbons (Fsp3) is 0.273. The summed E-state index contributed by atoms with van der Waals surface area (Å²) in [5, 5.41) is 7.52. The highest BCUT2D eigenvalue weighted by Gasteiger charge is 2.10. The van der Waals surface area contributed by atoms with Crippen LogP contribution in [0.2, 0.25) is 5.02 Å². The Bertz CT molecular complexity index is 918. The molecule has 0 amide bonds. The number of aromatic nitrogens is 2. The van der Waals surface area contributed by atoms with E-state index in [1.165, 1.54) is 0 Å². The Morgan fingerprint density at radius 1 is 0.964 bits per heavy atom. The first-order valence-electron chi connectivity index (χ1n) is 9.29. The molecule has 1 heterocycles. The third-order valence-electron chi connectivity index (χ3n) is 4.39. The zero-order valence-electron chi connectivity index (χ0n) is 16.8. The minimum Gasteiger partial charge on any atom is -0.353 e. The van der Waals surface area contributed by atoms with Crippen molar-refractivity contribution in [2.45, 2.75) is 13.8 Å². The first-order chi connectivity index (χ1) is 13.4. The summed E-state index contributed by atoms with van der Waals surface area (Å²) in [6.07, 6.45) is 0. The van der Waals surface area contributed by atoms with Crippen LogP contribution in [-0.4, -0.2) is 42.1 Å². The van der Waals surface area contributed by atoms with Gasteiger partial charge in [-0.25, -0.2) is 4.98 Å². The number of aryl methyl sites for hydroxylation is 2. The van der Waals surface area contributed by atoms with Gasteiger partial charge in [0.1, 0.15) is 5.82 Å². The van der Waals surface area contributed by atoms with Crippen LogP contribution < -0.4 is 10.6 Å². The van der Waals surface area contributed by atoms with Crippen LogP contribution in [0.5, 0.6) is 0 Å². The zero-order valence-corrected chi connectivity index (χ0v) is 17.5. The van der Waals surface area contributed by atoms with Crippen LogP contribution in [0, 0.1) is 13.8 Å². The molecule has 1 aromatic heterocycles. The second-order valence-electron chi connectivity index (χ2n) is 7.10. The quantitative estimate of drug-likeness (QED) is 0.580. The van der Waals surface area contributed by atoms with Gasteiger partial charge in [-0.2, -0.15) is 4.98 Å². The maximum Gasteiger partial charge on any atom is 0.225 e. The van der Waals surface area contributed by atoms with Gasteiger partial charge in [-0.1, -0.05) is 41.9 Å². The van der Waals surface area contributed by atoms with Crippen LogP contribution in [0.3, 0.4) is 0 Å². The highest BCUT2D eigenvalue weighted by atomic mass is 35.5. The van der Waals surface area contributed by atoms with Gasteiger partial charge in [-0.3, -0.25) is 0 Å². The van der Waals surface area contributed by atoms with Gasteiger partial charge in [0.2, 0.25) is 5.95 Å². The molecule has 0 aliphatic heterocycles. The highest BCUT2D eigenvalue weighted by Crippen LogP contribution is 2.29. The maximum absolute atomic E-state index is 6.17. The van der Waals surface area contributed by atoms with Gasteiger partial charge in [0.05, 0.1) is 5.69 Å². The molecular formula is C22H26ClN5. The molecule has 28 heavy (non-hydrogen) atoms. The Morgan fingerprint density at radius 3 is 2.29 bits per heavy atom. The van der Waals surface area contributed by atoms with E-state index < -0.39 is 0 Å². The summed E-state index contributed by atoms with van der Waals surface area (Å²) < 4.78 is 0. The van der Waals surface area contributed by atoms with Crippen molar-refractivity contribution in [2.75, 3.05) is 37.8 Å². The van der Waals surface area contributed by atoms with Crippen molar-refractivity contribution in [1.82, 2.24) is 14.9 Å². The van der Waals surface area contributed by atoms with Crippen LogP contribution in [0.1, 0.15) is 11.1 Å². The van der Waals surface area contributed by atoms with E-state index in [0.29, 0.717) is 5.95 Å². The molecule has 0 atom stereocenters.